The fourth-order valence-corrected chi connectivity index (χ4v) is 1.97. The maximum Gasteiger partial charge on any atom is 0.209 e. The Morgan fingerprint density at radius 3 is 2.62 bits per heavy atom. The van der Waals surface area contributed by atoms with Crippen molar-refractivity contribution >= 4 is 33.0 Å². The van der Waals surface area contributed by atoms with E-state index in [0.29, 0.717) is 23.7 Å². The molecular weight excluding hydrogens is 250 g/mol. The van der Waals surface area contributed by atoms with Gasteiger partial charge in [-0.05, 0) is 24.6 Å². The van der Waals surface area contributed by atoms with Crippen LogP contribution in [-0.2, 0) is 10.0 Å². The van der Waals surface area contributed by atoms with Gasteiger partial charge in [-0.1, -0.05) is 11.6 Å². The summed E-state index contributed by atoms with van der Waals surface area (Å²) in [5, 5.41) is 8.38. The molecule has 0 fully saturated rings. The minimum absolute atomic E-state index is 0.0490. The number of nitrogen functional groups attached to an aromatic ring is 1. The summed E-state index contributed by atoms with van der Waals surface area (Å²) >= 11 is 5.91. The van der Waals surface area contributed by atoms with Crippen LogP contribution in [0.3, 0.4) is 0 Å². The Labute approximate surface area is 99.8 Å². The predicted octanol–water partition coefficient (Wildman–Crippen LogP) is 1.01. The number of benzene rings is 1. The number of hydrogen-bond donors (Lipinski definition) is 3. The Balaban J connectivity index is 2.43. The number of nitrogens with two attached hydrogens (primary N) is 2. The fourth-order valence-electron chi connectivity index (χ4n) is 1.17. The van der Waals surface area contributed by atoms with Crippen molar-refractivity contribution in [2.75, 3.05) is 23.3 Å². The zero-order valence-electron chi connectivity index (χ0n) is 8.61. The number of nitrogens with one attached hydrogen (secondary N) is 1. The number of rotatable bonds is 5. The van der Waals surface area contributed by atoms with E-state index in [0.717, 1.165) is 5.69 Å². The quantitative estimate of drug-likeness (QED) is 0.545. The van der Waals surface area contributed by atoms with Crippen molar-refractivity contribution in [2.24, 2.45) is 5.14 Å². The van der Waals surface area contributed by atoms with Gasteiger partial charge in [-0.3, -0.25) is 0 Å². The van der Waals surface area contributed by atoms with E-state index >= 15 is 0 Å². The molecule has 1 aromatic rings. The van der Waals surface area contributed by atoms with Crippen LogP contribution in [0.15, 0.2) is 18.2 Å². The second-order valence-electron chi connectivity index (χ2n) is 3.39. The molecule has 0 radical (unpaired) electrons. The molecule has 0 aliphatic rings. The van der Waals surface area contributed by atoms with Crippen molar-refractivity contribution in [3.63, 3.8) is 0 Å². The summed E-state index contributed by atoms with van der Waals surface area (Å²) in [6.45, 7) is 0.486. The first-order valence-electron chi connectivity index (χ1n) is 4.68. The third kappa shape index (κ3) is 4.69. The minimum atomic E-state index is -3.39. The molecule has 0 spiro atoms. The van der Waals surface area contributed by atoms with Gasteiger partial charge in [0.05, 0.1) is 16.5 Å². The van der Waals surface area contributed by atoms with Crippen LogP contribution in [0.1, 0.15) is 6.42 Å². The second-order valence-corrected chi connectivity index (χ2v) is 5.53. The third-order valence-corrected chi connectivity index (χ3v) is 3.08. The fraction of sp³-hybridized carbons (Fsp3) is 0.333. The molecule has 0 saturated heterocycles. The monoisotopic (exact) mass is 263 g/mol. The van der Waals surface area contributed by atoms with Crippen molar-refractivity contribution < 1.29 is 8.42 Å². The SMILES string of the molecule is Nc1ccc(NCCCS(N)(=O)=O)c(Cl)c1. The van der Waals surface area contributed by atoms with Crippen LogP contribution in [0.5, 0.6) is 0 Å². The van der Waals surface area contributed by atoms with Crippen LogP contribution < -0.4 is 16.2 Å². The van der Waals surface area contributed by atoms with Crippen molar-refractivity contribution in [3.8, 4) is 0 Å². The molecule has 90 valence electrons. The molecule has 1 rings (SSSR count). The van der Waals surface area contributed by atoms with Crippen molar-refractivity contribution in [2.45, 2.75) is 6.42 Å². The van der Waals surface area contributed by atoms with Gasteiger partial charge in [-0.25, -0.2) is 13.6 Å². The van der Waals surface area contributed by atoms with Gasteiger partial charge >= 0.3 is 0 Å². The van der Waals surface area contributed by atoms with Crippen molar-refractivity contribution in [3.05, 3.63) is 23.2 Å². The first-order valence-corrected chi connectivity index (χ1v) is 6.77. The van der Waals surface area contributed by atoms with Gasteiger partial charge in [0.2, 0.25) is 10.0 Å². The van der Waals surface area contributed by atoms with Crippen molar-refractivity contribution in [1.29, 1.82) is 0 Å². The molecule has 5 N–H and O–H groups in total. The molecule has 7 heteroatoms. The molecule has 0 aliphatic carbocycles. The number of halogens is 1. The van der Waals surface area contributed by atoms with Crippen molar-refractivity contribution in [1.82, 2.24) is 0 Å². The molecular formula is C9H14ClN3O2S. The summed E-state index contributed by atoms with van der Waals surface area (Å²) in [4.78, 5) is 0. The predicted molar refractivity (Wildman–Crippen MR) is 66.9 cm³/mol. The Kier molecular flexibility index (Phi) is 4.40. The van der Waals surface area contributed by atoms with E-state index in [1.54, 1.807) is 18.2 Å². The third-order valence-electron chi connectivity index (χ3n) is 1.91. The molecule has 16 heavy (non-hydrogen) atoms. The summed E-state index contributed by atoms with van der Waals surface area (Å²) in [7, 11) is -3.39. The smallest absolute Gasteiger partial charge is 0.209 e. The molecule has 0 amide bonds. The van der Waals surface area contributed by atoms with Gasteiger partial charge in [-0.2, -0.15) is 0 Å². The number of hydrogen-bond acceptors (Lipinski definition) is 4. The number of sulfonamides is 1. The maximum absolute atomic E-state index is 10.7. The lowest BCUT2D eigenvalue weighted by atomic mass is 10.3. The van der Waals surface area contributed by atoms with Crippen LogP contribution >= 0.6 is 11.6 Å². The second kappa shape index (κ2) is 5.38. The van der Waals surface area contributed by atoms with E-state index < -0.39 is 10.0 Å². The van der Waals surface area contributed by atoms with Gasteiger partial charge in [0, 0.05) is 12.2 Å². The number of primary sulfonamides is 1. The molecule has 0 bridgehead atoms. The highest BCUT2D eigenvalue weighted by molar-refractivity contribution is 7.89. The number of anilines is 2. The summed E-state index contributed by atoms with van der Waals surface area (Å²) in [5.41, 5.74) is 6.84. The Bertz CT molecular complexity index is 462. The lowest BCUT2D eigenvalue weighted by Gasteiger charge is -2.08. The molecule has 0 atom stereocenters. The lowest BCUT2D eigenvalue weighted by molar-refractivity contribution is 0.596. The lowest BCUT2D eigenvalue weighted by Crippen LogP contribution is -2.18. The van der Waals surface area contributed by atoms with Gasteiger partial charge < -0.3 is 11.1 Å². The Morgan fingerprint density at radius 2 is 2.06 bits per heavy atom. The van der Waals surface area contributed by atoms with Gasteiger partial charge in [0.25, 0.3) is 0 Å². The zero-order valence-corrected chi connectivity index (χ0v) is 10.2. The molecule has 0 aromatic heterocycles. The van der Waals surface area contributed by atoms with Gasteiger partial charge in [0.1, 0.15) is 0 Å². The largest absolute Gasteiger partial charge is 0.399 e. The Morgan fingerprint density at radius 1 is 1.38 bits per heavy atom. The first kappa shape index (κ1) is 13.1. The van der Waals surface area contributed by atoms with E-state index in [1.165, 1.54) is 0 Å². The first-order chi connectivity index (χ1) is 7.38. The highest BCUT2D eigenvalue weighted by Gasteiger charge is 2.03. The van der Waals surface area contributed by atoms with Crippen LogP contribution in [0, 0.1) is 0 Å². The molecule has 0 aliphatic heterocycles. The van der Waals surface area contributed by atoms with E-state index in [4.69, 9.17) is 22.5 Å². The van der Waals surface area contributed by atoms with E-state index in [1.807, 2.05) is 0 Å². The normalized spacial score (nSPS) is 11.4. The summed E-state index contributed by atoms with van der Waals surface area (Å²) in [5.74, 6) is -0.0490. The average molecular weight is 264 g/mol. The zero-order chi connectivity index (χ0) is 12.2. The molecule has 0 unspecified atom stereocenters. The highest BCUT2D eigenvalue weighted by Crippen LogP contribution is 2.23. The summed E-state index contributed by atoms with van der Waals surface area (Å²) in [6, 6.07) is 5.09. The van der Waals surface area contributed by atoms with E-state index in [-0.39, 0.29) is 5.75 Å². The van der Waals surface area contributed by atoms with Crippen LogP contribution in [0.4, 0.5) is 11.4 Å². The Hall–Kier alpha value is -0.980. The minimum Gasteiger partial charge on any atom is -0.399 e. The molecule has 0 heterocycles. The van der Waals surface area contributed by atoms with E-state index in [2.05, 4.69) is 5.32 Å². The molecule has 0 saturated carbocycles. The maximum atomic E-state index is 10.7. The molecule has 5 nitrogen and oxygen atoms in total. The average Bonchev–Trinajstić information content (AvgIpc) is 2.13. The summed E-state index contributed by atoms with van der Waals surface area (Å²) < 4.78 is 21.3. The molecule has 1 aromatic carbocycles. The van der Waals surface area contributed by atoms with Crippen LogP contribution in [0.25, 0.3) is 0 Å². The van der Waals surface area contributed by atoms with Crippen LogP contribution in [-0.4, -0.2) is 20.7 Å². The highest BCUT2D eigenvalue weighted by atomic mass is 35.5. The topological polar surface area (TPSA) is 98.2 Å². The van der Waals surface area contributed by atoms with Crippen LogP contribution in [0.2, 0.25) is 5.02 Å². The van der Waals surface area contributed by atoms with Gasteiger partial charge in [0.15, 0.2) is 0 Å². The van der Waals surface area contributed by atoms with E-state index in [9.17, 15) is 8.42 Å². The van der Waals surface area contributed by atoms with Gasteiger partial charge in [-0.15, -0.1) is 0 Å². The standard InChI is InChI=1S/C9H14ClN3O2S/c10-8-6-7(11)2-3-9(8)13-4-1-5-16(12,14)15/h2-3,6,13H,1,4-5,11H2,(H2,12,14,15). The summed E-state index contributed by atoms with van der Waals surface area (Å²) in [6.07, 6.45) is 0.430.